The molecule has 178 valence electrons. The van der Waals surface area contributed by atoms with Crippen molar-refractivity contribution in [2.24, 2.45) is 0 Å². The number of carbonyl (C=O) groups excluding carboxylic acids is 1. The summed E-state index contributed by atoms with van der Waals surface area (Å²) in [6.07, 6.45) is 1.66. The second-order valence-electron chi connectivity index (χ2n) is 8.33. The van der Waals surface area contributed by atoms with Gasteiger partial charge in [-0.1, -0.05) is 35.9 Å². The van der Waals surface area contributed by atoms with Gasteiger partial charge in [-0.15, -0.1) is 0 Å². The van der Waals surface area contributed by atoms with Crippen molar-refractivity contribution >= 4 is 15.9 Å². The quantitative estimate of drug-likeness (QED) is 0.454. The molecule has 7 nitrogen and oxygen atoms in total. The van der Waals surface area contributed by atoms with Crippen molar-refractivity contribution in [1.82, 2.24) is 10.0 Å². The number of hydrogen-bond acceptors (Lipinski definition) is 5. The van der Waals surface area contributed by atoms with Crippen LogP contribution in [0.25, 0.3) is 0 Å². The molecule has 3 aromatic rings. The van der Waals surface area contributed by atoms with Gasteiger partial charge in [-0.05, 0) is 73.7 Å². The fraction of sp³-hybridized carbons (Fsp3) is 0.269. The Morgan fingerprint density at radius 1 is 0.971 bits per heavy atom. The molecule has 0 aliphatic carbocycles. The van der Waals surface area contributed by atoms with Crippen LogP contribution in [0.1, 0.15) is 39.0 Å². The van der Waals surface area contributed by atoms with Gasteiger partial charge in [0, 0.05) is 18.7 Å². The summed E-state index contributed by atoms with van der Waals surface area (Å²) >= 11 is 0. The van der Waals surface area contributed by atoms with E-state index in [1.807, 2.05) is 0 Å². The molecule has 0 unspecified atom stereocenters. The van der Waals surface area contributed by atoms with E-state index in [2.05, 4.69) is 42.1 Å². The summed E-state index contributed by atoms with van der Waals surface area (Å²) in [6.45, 7) is 4.91. The Hall–Kier alpha value is -3.36. The molecule has 0 saturated carbocycles. The van der Waals surface area contributed by atoms with Crippen molar-refractivity contribution in [2.45, 2.75) is 38.1 Å². The molecule has 1 aliphatic rings. The highest BCUT2D eigenvalue weighted by Gasteiger charge is 2.18. The maximum Gasteiger partial charge on any atom is 0.251 e. The molecule has 0 aromatic heterocycles. The smallest absolute Gasteiger partial charge is 0.251 e. The summed E-state index contributed by atoms with van der Waals surface area (Å²) in [5, 5.41) is 2.88. The summed E-state index contributed by atoms with van der Waals surface area (Å²) in [5.74, 6) is 0.931. The van der Waals surface area contributed by atoms with Crippen LogP contribution >= 0.6 is 0 Å². The average Bonchev–Trinajstić information content (AvgIpc) is 3.29. The first kappa shape index (κ1) is 23.8. The van der Waals surface area contributed by atoms with E-state index < -0.39 is 10.0 Å². The maximum absolute atomic E-state index is 12.8. The number of sulfonamides is 1. The molecule has 3 aromatic carbocycles. The lowest BCUT2D eigenvalue weighted by molar-refractivity contribution is 0.0953. The van der Waals surface area contributed by atoms with Crippen LogP contribution in [0.4, 0.5) is 0 Å². The van der Waals surface area contributed by atoms with E-state index in [9.17, 15) is 13.2 Å². The Kier molecular flexibility index (Phi) is 7.19. The first-order chi connectivity index (χ1) is 16.3. The highest BCUT2D eigenvalue weighted by Crippen LogP contribution is 2.32. The summed E-state index contributed by atoms with van der Waals surface area (Å²) in [7, 11) is -3.80. The molecule has 1 aliphatic heterocycles. The van der Waals surface area contributed by atoms with E-state index in [1.165, 1.54) is 28.8 Å². The Morgan fingerprint density at radius 2 is 1.79 bits per heavy atom. The van der Waals surface area contributed by atoms with Crippen LogP contribution in [0.2, 0.25) is 0 Å². The molecule has 0 bridgehead atoms. The largest absolute Gasteiger partial charge is 0.454 e. The minimum atomic E-state index is -3.80. The zero-order valence-electron chi connectivity index (χ0n) is 19.3. The third-order valence-electron chi connectivity index (χ3n) is 5.72. The van der Waals surface area contributed by atoms with Crippen molar-refractivity contribution in [3.63, 3.8) is 0 Å². The minimum absolute atomic E-state index is 0.0381. The summed E-state index contributed by atoms with van der Waals surface area (Å²) < 4.78 is 38.8. The lowest BCUT2D eigenvalue weighted by Gasteiger charge is -2.10. The molecular formula is C26H28N2O5S. The standard InChI is InChI=1S/C26H28N2O5S/c1-18-8-10-21(19(2)13-18)6-4-12-27-26(29)22-5-3-7-23(15-22)34(30,31)28-16-20-9-11-24-25(14-20)33-17-32-24/h3,5,7-11,13-15,28H,4,6,12,16-17H2,1-2H3,(H,27,29). The number of rotatable bonds is 9. The van der Waals surface area contributed by atoms with Crippen LogP contribution < -0.4 is 19.5 Å². The molecule has 4 rings (SSSR count). The number of benzene rings is 3. The van der Waals surface area contributed by atoms with Crippen LogP contribution in [0.3, 0.4) is 0 Å². The van der Waals surface area contributed by atoms with Crippen molar-refractivity contribution in [2.75, 3.05) is 13.3 Å². The van der Waals surface area contributed by atoms with Crippen molar-refractivity contribution in [1.29, 1.82) is 0 Å². The molecule has 1 heterocycles. The third kappa shape index (κ3) is 5.76. The van der Waals surface area contributed by atoms with Gasteiger partial charge in [0.25, 0.3) is 5.91 Å². The number of hydrogen-bond donors (Lipinski definition) is 2. The van der Waals surface area contributed by atoms with Crippen molar-refractivity contribution in [3.8, 4) is 11.5 Å². The van der Waals surface area contributed by atoms with Crippen LogP contribution in [-0.4, -0.2) is 27.7 Å². The normalized spacial score (nSPS) is 12.5. The molecule has 8 heteroatoms. The Balaban J connectivity index is 1.32. The zero-order valence-corrected chi connectivity index (χ0v) is 20.1. The van der Waals surface area contributed by atoms with Gasteiger partial charge in [0.15, 0.2) is 11.5 Å². The van der Waals surface area contributed by atoms with Gasteiger partial charge >= 0.3 is 0 Å². The maximum atomic E-state index is 12.8. The molecule has 34 heavy (non-hydrogen) atoms. The Morgan fingerprint density at radius 3 is 2.62 bits per heavy atom. The average molecular weight is 481 g/mol. The van der Waals surface area contributed by atoms with E-state index in [0.717, 1.165) is 18.4 Å². The van der Waals surface area contributed by atoms with Crippen LogP contribution in [-0.2, 0) is 23.0 Å². The first-order valence-corrected chi connectivity index (χ1v) is 12.6. The molecular weight excluding hydrogens is 452 g/mol. The third-order valence-corrected chi connectivity index (χ3v) is 7.12. The molecule has 0 radical (unpaired) electrons. The fourth-order valence-corrected chi connectivity index (χ4v) is 4.89. The number of carbonyl (C=O) groups is 1. The van der Waals surface area contributed by atoms with Crippen LogP contribution in [0, 0.1) is 13.8 Å². The number of nitrogens with one attached hydrogen (secondary N) is 2. The van der Waals surface area contributed by atoms with E-state index in [0.29, 0.717) is 23.6 Å². The summed E-state index contributed by atoms with van der Waals surface area (Å²) in [5.41, 5.74) is 4.79. The van der Waals surface area contributed by atoms with Crippen LogP contribution in [0.15, 0.2) is 65.6 Å². The predicted octanol–water partition coefficient (Wildman–Crippen LogP) is 3.87. The van der Waals surface area contributed by atoms with Gasteiger partial charge in [-0.3, -0.25) is 4.79 Å². The number of amides is 1. The fourth-order valence-electron chi connectivity index (χ4n) is 3.83. The van der Waals surface area contributed by atoms with Gasteiger partial charge < -0.3 is 14.8 Å². The Labute approximate surface area is 200 Å². The lowest BCUT2D eigenvalue weighted by atomic mass is 10.0. The van der Waals surface area contributed by atoms with Crippen molar-refractivity contribution < 1.29 is 22.7 Å². The second-order valence-corrected chi connectivity index (χ2v) is 10.1. The lowest BCUT2D eigenvalue weighted by Crippen LogP contribution is -2.26. The predicted molar refractivity (Wildman–Crippen MR) is 130 cm³/mol. The topological polar surface area (TPSA) is 93.7 Å². The molecule has 0 atom stereocenters. The van der Waals surface area contributed by atoms with E-state index in [1.54, 1.807) is 30.3 Å². The summed E-state index contributed by atoms with van der Waals surface area (Å²) in [4.78, 5) is 12.6. The Bertz CT molecular complexity index is 1300. The van der Waals surface area contributed by atoms with E-state index in [-0.39, 0.29) is 24.1 Å². The summed E-state index contributed by atoms with van der Waals surface area (Å²) in [6, 6.07) is 17.7. The molecule has 1 amide bonds. The van der Waals surface area contributed by atoms with E-state index in [4.69, 9.17) is 9.47 Å². The number of fused-ring (bicyclic) bond motifs is 1. The highest BCUT2D eigenvalue weighted by atomic mass is 32.2. The zero-order chi connectivity index (χ0) is 24.1. The van der Waals surface area contributed by atoms with Gasteiger partial charge in [0.05, 0.1) is 4.90 Å². The van der Waals surface area contributed by atoms with Crippen molar-refractivity contribution in [3.05, 3.63) is 88.5 Å². The van der Waals surface area contributed by atoms with E-state index >= 15 is 0 Å². The monoisotopic (exact) mass is 480 g/mol. The first-order valence-electron chi connectivity index (χ1n) is 11.1. The molecule has 0 saturated heterocycles. The number of aryl methyl sites for hydroxylation is 3. The highest BCUT2D eigenvalue weighted by molar-refractivity contribution is 7.89. The second kappa shape index (κ2) is 10.3. The van der Waals surface area contributed by atoms with Gasteiger partial charge in [-0.25, -0.2) is 13.1 Å². The van der Waals surface area contributed by atoms with Gasteiger partial charge in [-0.2, -0.15) is 0 Å². The SMILES string of the molecule is Cc1ccc(CCCNC(=O)c2cccc(S(=O)(=O)NCc3ccc4c(c3)OCO4)c2)c(C)c1. The van der Waals surface area contributed by atoms with Gasteiger partial charge in [0.2, 0.25) is 16.8 Å². The molecule has 0 spiro atoms. The van der Waals surface area contributed by atoms with Crippen LogP contribution in [0.5, 0.6) is 11.5 Å². The van der Waals surface area contributed by atoms with Gasteiger partial charge in [0.1, 0.15) is 0 Å². The number of ether oxygens (including phenoxy) is 2. The molecule has 0 fully saturated rings. The molecule has 2 N–H and O–H groups in total. The minimum Gasteiger partial charge on any atom is -0.454 e.